The molecule has 0 bridgehead atoms. The number of nitrogens with one attached hydrogen (secondary N) is 1. The molecule has 0 spiro atoms. The molecular weight excluding hydrogens is 409 g/mol. The summed E-state index contributed by atoms with van der Waals surface area (Å²) in [5.41, 5.74) is 2.09. The molecule has 0 saturated carbocycles. The Balaban J connectivity index is 1.51. The van der Waals surface area contributed by atoms with Crippen molar-refractivity contribution in [1.29, 1.82) is 0 Å². The maximum atomic E-state index is 12.0. The van der Waals surface area contributed by atoms with Gasteiger partial charge < -0.3 is 10.1 Å². The van der Waals surface area contributed by atoms with Gasteiger partial charge in [-0.2, -0.15) is 5.10 Å². The topological polar surface area (TPSA) is 56.1 Å². The van der Waals surface area contributed by atoms with Crippen LogP contribution in [0.15, 0.2) is 54.9 Å². The zero-order valence-electron chi connectivity index (χ0n) is 14.2. The highest BCUT2D eigenvalue weighted by molar-refractivity contribution is 6.43. The number of halogens is 3. The number of rotatable bonds is 7. The lowest BCUT2D eigenvalue weighted by molar-refractivity contribution is -0.123. The number of hydrogen-bond acceptors (Lipinski definition) is 3. The van der Waals surface area contributed by atoms with Gasteiger partial charge in [-0.1, -0.05) is 59.1 Å². The number of amides is 1. The fourth-order valence-electron chi connectivity index (χ4n) is 2.43. The van der Waals surface area contributed by atoms with Crippen molar-refractivity contribution in [3.63, 3.8) is 0 Å². The van der Waals surface area contributed by atoms with Crippen LogP contribution in [0.3, 0.4) is 0 Å². The van der Waals surface area contributed by atoms with E-state index in [1.54, 1.807) is 6.20 Å². The van der Waals surface area contributed by atoms with Crippen LogP contribution >= 0.6 is 34.8 Å². The Morgan fingerprint density at radius 2 is 1.81 bits per heavy atom. The minimum absolute atomic E-state index is 0.176. The molecule has 8 heteroatoms. The zero-order chi connectivity index (χ0) is 19.2. The third-order valence-electron chi connectivity index (χ3n) is 3.72. The standard InChI is InChI=1S/C19H16Cl3N3O2/c20-15-8-17(22)18(9-16(15)21)27-12-19(26)23-10-13-3-1-4-14(7-13)11-25-6-2-5-24-25/h1-9H,10-12H2,(H,23,26). The Labute approximate surface area is 171 Å². The van der Waals surface area contributed by atoms with Gasteiger partial charge in [-0.05, 0) is 23.3 Å². The van der Waals surface area contributed by atoms with Crippen LogP contribution in [0.1, 0.15) is 11.1 Å². The average Bonchev–Trinajstić information content (AvgIpc) is 3.15. The van der Waals surface area contributed by atoms with Crippen LogP contribution in [0.5, 0.6) is 5.75 Å². The number of carbonyl (C=O) groups excluding carboxylic acids is 1. The summed E-state index contributed by atoms with van der Waals surface area (Å²) >= 11 is 17.8. The van der Waals surface area contributed by atoms with Crippen molar-refractivity contribution in [2.75, 3.05) is 6.61 Å². The van der Waals surface area contributed by atoms with Crippen molar-refractivity contribution in [2.45, 2.75) is 13.1 Å². The highest BCUT2D eigenvalue weighted by Crippen LogP contribution is 2.33. The van der Waals surface area contributed by atoms with Gasteiger partial charge >= 0.3 is 0 Å². The van der Waals surface area contributed by atoms with E-state index in [4.69, 9.17) is 39.5 Å². The molecule has 3 rings (SSSR count). The highest BCUT2D eigenvalue weighted by Gasteiger charge is 2.09. The van der Waals surface area contributed by atoms with Crippen LogP contribution in [0.2, 0.25) is 15.1 Å². The van der Waals surface area contributed by atoms with E-state index in [0.717, 1.165) is 11.1 Å². The van der Waals surface area contributed by atoms with Crippen molar-refractivity contribution < 1.29 is 9.53 Å². The molecule has 5 nitrogen and oxygen atoms in total. The molecule has 0 aliphatic rings. The van der Waals surface area contributed by atoms with E-state index in [2.05, 4.69) is 10.4 Å². The van der Waals surface area contributed by atoms with Gasteiger partial charge in [0.1, 0.15) is 5.75 Å². The lowest BCUT2D eigenvalue weighted by atomic mass is 10.1. The molecule has 1 N–H and O–H groups in total. The maximum absolute atomic E-state index is 12.0. The van der Waals surface area contributed by atoms with Crippen LogP contribution < -0.4 is 10.1 Å². The fourth-order valence-corrected chi connectivity index (χ4v) is 3.02. The SMILES string of the molecule is O=C(COc1cc(Cl)c(Cl)cc1Cl)NCc1cccc(Cn2cccn2)c1. The van der Waals surface area contributed by atoms with Gasteiger partial charge in [-0.3, -0.25) is 9.48 Å². The minimum Gasteiger partial charge on any atom is -0.482 e. The van der Waals surface area contributed by atoms with Gasteiger partial charge in [-0.25, -0.2) is 0 Å². The molecule has 0 fully saturated rings. The summed E-state index contributed by atoms with van der Waals surface area (Å²) in [7, 11) is 0. The van der Waals surface area contributed by atoms with Gasteiger partial charge in [0.2, 0.25) is 0 Å². The number of carbonyl (C=O) groups is 1. The molecule has 0 saturated heterocycles. The minimum atomic E-state index is -0.269. The van der Waals surface area contributed by atoms with E-state index in [-0.39, 0.29) is 12.5 Å². The molecular formula is C19H16Cl3N3O2. The predicted molar refractivity (Wildman–Crippen MR) is 107 cm³/mol. The molecule has 2 aromatic carbocycles. The second-order valence-corrected chi connectivity index (χ2v) is 7.01. The molecule has 0 unspecified atom stereocenters. The summed E-state index contributed by atoms with van der Waals surface area (Å²) in [6.45, 7) is 0.891. The molecule has 27 heavy (non-hydrogen) atoms. The first-order chi connectivity index (χ1) is 13.0. The van der Waals surface area contributed by atoms with Crippen molar-refractivity contribution in [3.8, 4) is 5.75 Å². The molecule has 1 amide bonds. The average molecular weight is 425 g/mol. The van der Waals surface area contributed by atoms with E-state index in [1.165, 1.54) is 12.1 Å². The van der Waals surface area contributed by atoms with E-state index in [9.17, 15) is 4.79 Å². The maximum Gasteiger partial charge on any atom is 0.258 e. The van der Waals surface area contributed by atoms with E-state index in [0.29, 0.717) is 33.9 Å². The molecule has 1 aromatic heterocycles. The monoisotopic (exact) mass is 423 g/mol. The normalized spacial score (nSPS) is 10.6. The fraction of sp³-hybridized carbons (Fsp3) is 0.158. The Morgan fingerprint density at radius 3 is 2.59 bits per heavy atom. The van der Waals surface area contributed by atoms with Gasteiger partial charge in [0.15, 0.2) is 6.61 Å². The van der Waals surface area contributed by atoms with Crippen LogP contribution in [0.4, 0.5) is 0 Å². The largest absolute Gasteiger partial charge is 0.482 e. The molecule has 0 radical (unpaired) electrons. The Morgan fingerprint density at radius 1 is 1.04 bits per heavy atom. The van der Waals surface area contributed by atoms with Gasteiger partial charge in [-0.15, -0.1) is 0 Å². The number of hydrogen-bond donors (Lipinski definition) is 1. The lowest BCUT2D eigenvalue weighted by Gasteiger charge is -2.10. The second kappa shape index (κ2) is 9.13. The summed E-state index contributed by atoms with van der Waals surface area (Å²) in [5, 5.41) is 7.93. The Bertz CT molecular complexity index is 930. The van der Waals surface area contributed by atoms with Crippen LogP contribution in [-0.2, 0) is 17.9 Å². The third kappa shape index (κ3) is 5.63. The first-order valence-corrected chi connectivity index (χ1v) is 9.24. The molecule has 3 aromatic rings. The van der Waals surface area contributed by atoms with Crippen molar-refractivity contribution in [1.82, 2.24) is 15.1 Å². The van der Waals surface area contributed by atoms with E-state index in [1.807, 2.05) is 41.2 Å². The molecule has 0 aliphatic carbocycles. The number of aromatic nitrogens is 2. The number of benzene rings is 2. The first-order valence-electron chi connectivity index (χ1n) is 8.10. The Kier molecular flexibility index (Phi) is 6.61. The molecule has 0 aliphatic heterocycles. The highest BCUT2D eigenvalue weighted by atomic mass is 35.5. The van der Waals surface area contributed by atoms with Crippen LogP contribution in [-0.4, -0.2) is 22.3 Å². The zero-order valence-corrected chi connectivity index (χ0v) is 16.4. The van der Waals surface area contributed by atoms with Gasteiger partial charge in [0.05, 0.1) is 21.6 Å². The molecule has 0 atom stereocenters. The van der Waals surface area contributed by atoms with E-state index >= 15 is 0 Å². The van der Waals surface area contributed by atoms with Crippen molar-refractivity contribution >= 4 is 40.7 Å². The summed E-state index contributed by atoms with van der Waals surface area (Å²) in [6.07, 6.45) is 3.64. The van der Waals surface area contributed by atoms with Crippen LogP contribution in [0, 0.1) is 0 Å². The lowest BCUT2D eigenvalue weighted by Crippen LogP contribution is -2.28. The van der Waals surface area contributed by atoms with Crippen molar-refractivity contribution in [3.05, 3.63) is 81.1 Å². The summed E-state index contributed by atoms with van der Waals surface area (Å²) in [5.74, 6) is 0.0389. The summed E-state index contributed by atoms with van der Waals surface area (Å²) in [4.78, 5) is 12.0. The van der Waals surface area contributed by atoms with Gasteiger partial charge in [0, 0.05) is 25.0 Å². The van der Waals surface area contributed by atoms with Crippen LogP contribution in [0.25, 0.3) is 0 Å². The number of ether oxygens (including phenoxy) is 1. The van der Waals surface area contributed by atoms with E-state index < -0.39 is 0 Å². The third-order valence-corrected chi connectivity index (χ3v) is 4.74. The predicted octanol–water partition coefficient (Wildman–Crippen LogP) is 4.59. The first kappa shape index (κ1) is 19.5. The Hall–Kier alpha value is -2.21. The summed E-state index contributed by atoms with van der Waals surface area (Å²) in [6, 6.07) is 12.8. The second-order valence-electron chi connectivity index (χ2n) is 5.79. The smallest absolute Gasteiger partial charge is 0.258 e. The summed E-state index contributed by atoms with van der Waals surface area (Å²) < 4.78 is 7.26. The quantitative estimate of drug-likeness (QED) is 0.565. The van der Waals surface area contributed by atoms with Gasteiger partial charge in [0.25, 0.3) is 5.91 Å². The number of nitrogens with zero attached hydrogens (tertiary/aromatic N) is 2. The molecule has 140 valence electrons. The van der Waals surface area contributed by atoms with Crippen molar-refractivity contribution in [2.24, 2.45) is 0 Å². The molecule has 1 heterocycles.